The molecule has 0 spiro atoms. The molecule has 0 aliphatic heterocycles. The number of halogens is 1. The molecule has 0 saturated heterocycles. The van der Waals surface area contributed by atoms with Crippen LogP contribution in [0.1, 0.15) is 18.1 Å². The van der Waals surface area contributed by atoms with Crippen molar-refractivity contribution in [2.75, 3.05) is 12.4 Å². The standard InChI is InChI=1S/C18H20ClNO4S/c1-12-16(19)8-5-9-17(12)20-18(21)13(2)25(22,23)11-14-6-4-7-15(10-14)24-3/h4-10,13H,11H2,1-3H3,(H,20,21). The molecule has 5 nitrogen and oxygen atoms in total. The van der Waals surface area contributed by atoms with Gasteiger partial charge < -0.3 is 10.1 Å². The zero-order valence-electron chi connectivity index (χ0n) is 14.2. The number of anilines is 1. The van der Waals surface area contributed by atoms with E-state index in [1.807, 2.05) is 0 Å². The molecule has 1 amide bonds. The number of benzene rings is 2. The van der Waals surface area contributed by atoms with Crippen LogP contribution in [0.15, 0.2) is 42.5 Å². The first-order chi connectivity index (χ1) is 11.7. The van der Waals surface area contributed by atoms with Crippen molar-refractivity contribution in [1.29, 1.82) is 0 Å². The Balaban J connectivity index is 2.15. The minimum Gasteiger partial charge on any atom is -0.497 e. The number of methoxy groups -OCH3 is 1. The van der Waals surface area contributed by atoms with Gasteiger partial charge in [-0.05, 0) is 49.2 Å². The second-order valence-corrected chi connectivity index (χ2v) is 8.43. The van der Waals surface area contributed by atoms with Gasteiger partial charge in [-0.3, -0.25) is 4.79 Å². The molecular formula is C18H20ClNO4S. The van der Waals surface area contributed by atoms with E-state index in [4.69, 9.17) is 16.3 Å². The second kappa shape index (κ2) is 7.89. The van der Waals surface area contributed by atoms with Crippen LogP contribution in [0, 0.1) is 6.92 Å². The number of hydrogen-bond donors (Lipinski definition) is 1. The summed E-state index contributed by atoms with van der Waals surface area (Å²) in [6.45, 7) is 3.14. The molecule has 1 atom stereocenters. The third-order valence-electron chi connectivity index (χ3n) is 3.94. The van der Waals surface area contributed by atoms with Crippen LogP contribution < -0.4 is 10.1 Å². The Kier molecular flexibility index (Phi) is 6.08. The molecule has 0 radical (unpaired) electrons. The van der Waals surface area contributed by atoms with Crippen molar-refractivity contribution in [3.05, 3.63) is 58.6 Å². The van der Waals surface area contributed by atoms with Crippen molar-refractivity contribution in [2.24, 2.45) is 0 Å². The lowest BCUT2D eigenvalue weighted by Crippen LogP contribution is -2.33. The quantitative estimate of drug-likeness (QED) is 0.829. The van der Waals surface area contributed by atoms with E-state index < -0.39 is 21.0 Å². The van der Waals surface area contributed by atoms with Gasteiger partial charge >= 0.3 is 0 Å². The average molecular weight is 382 g/mol. The molecule has 0 aromatic heterocycles. The van der Waals surface area contributed by atoms with E-state index in [1.165, 1.54) is 14.0 Å². The summed E-state index contributed by atoms with van der Waals surface area (Å²) < 4.78 is 30.2. The Morgan fingerprint density at radius 1 is 1.24 bits per heavy atom. The summed E-state index contributed by atoms with van der Waals surface area (Å²) in [6.07, 6.45) is 0. The van der Waals surface area contributed by atoms with Crippen molar-refractivity contribution in [2.45, 2.75) is 24.9 Å². The van der Waals surface area contributed by atoms with Crippen LogP contribution in [-0.4, -0.2) is 26.7 Å². The van der Waals surface area contributed by atoms with Crippen LogP contribution in [0.3, 0.4) is 0 Å². The van der Waals surface area contributed by atoms with Gasteiger partial charge in [-0.15, -0.1) is 0 Å². The highest BCUT2D eigenvalue weighted by atomic mass is 35.5. The third kappa shape index (κ3) is 4.74. The molecular weight excluding hydrogens is 362 g/mol. The van der Waals surface area contributed by atoms with Crippen LogP contribution in [-0.2, 0) is 20.4 Å². The Morgan fingerprint density at radius 2 is 1.92 bits per heavy atom. The molecule has 25 heavy (non-hydrogen) atoms. The third-order valence-corrected chi connectivity index (χ3v) is 6.37. The fourth-order valence-electron chi connectivity index (χ4n) is 2.26. The summed E-state index contributed by atoms with van der Waals surface area (Å²) in [5.74, 6) is -0.263. The number of hydrogen-bond acceptors (Lipinski definition) is 4. The predicted octanol–water partition coefficient (Wildman–Crippen LogP) is 3.60. The summed E-state index contributed by atoms with van der Waals surface area (Å²) in [5, 5.41) is 1.95. The maximum atomic E-state index is 12.6. The number of carbonyl (C=O) groups excluding carboxylic acids is 1. The highest BCUT2D eigenvalue weighted by Crippen LogP contribution is 2.24. The van der Waals surface area contributed by atoms with E-state index in [1.54, 1.807) is 49.4 Å². The van der Waals surface area contributed by atoms with Gasteiger partial charge in [0.1, 0.15) is 11.0 Å². The maximum absolute atomic E-state index is 12.6. The Hall–Kier alpha value is -2.05. The minimum atomic E-state index is -3.68. The summed E-state index contributed by atoms with van der Waals surface area (Å²) in [6, 6.07) is 11.9. The molecule has 0 fully saturated rings. The normalized spacial score (nSPS) is 12.5. The Labute approximate surface area is 152 Å². The van der Waals surface area contributed by atoms with Gasteiger partial charge in [-0.2, -0.15) is 0 Å². The van der Waals surface area contributed by atoms with E-state index in [9.17, 15) is 13.2 Å². The molecule has 2 aromatic rings. The molecule has 1 unspecified atom stereocenters. The van der Waals surface area contributed by atoms with E-state index >= 15 is 0 Å². The number of sulfone groups is 1. The van der Waals surface area contributed by atoms with Gasteiger partial charge in [-0.1, -0.05) is 29.8 Å². The monoisotopic (exact) mass is 381 g/mol. The summed E-state index contributed by atoms with van der Waals surface area (Å²) in [4.78, 5) is 12.4. The highest BCUT2D eigenvalue weighted by Gasteiger charge is 2.28. The first-order valence-corrected chi connectivity index (χ1v) is 9.74. The number of nitrogens with one attached hydrogen (secondary N) is 1. The van der Waals surface area contributed by atoms with Gasteiger partial charge in [0.15, 0.2) is 9.84 Å². The molecule has 0 bridgehead atoms. The molecule has 0 saturated carbocycles. The number of amides is 1. The van der Waals surface area contributed by atoms with Gasteiger partial charge in [0.2, 0.25) is 5.91 Å². The van der Waals surface area contributed by atoms with E-state index in [2.05, 4.69) is 5.32 Å². The van der Waals surface area contributed by atoms with Crippen LogP contribution in [0.5, 0.6) is 5.75 Å². The molecule has 2 rings (SSSR count). The van der Waals surface area contributed by atoms with Crippen molar-refractivity contribution in [1.82, 2.24) is 0 Å². The fourth-order valence-corrected chi connectivity index (χ4v) is 3.71. The van der Waals surface area contributed by atoms with E-state index in [0.717, 1.165) is 0 Å². The molecule has 7 heteroatoms. The van der Waals surface area contributed by atoms with Crippen LogP contribution in [0.2, 0.25) is 5.02 Å². The predicted molar refractivity (Wildman–Crippen MR) is 99.9 cm³/mol. The summed E-state index contributed by atoms with van der Waals surface area (Å²) in [5.41, 5.74) is 1.76. The van der Waals surface area contributed by atoms with E-state index in [0.29, 0.717) is 27.6 Å². The van der Waals surface area contributed by atoms with Crippen LogP contribution in [0.25, 0.3) is 0 Å². The fraction of sp³-hybridized carbons (Fsp3) is 0.278. The van der Waals surface area contributed by atoms with E-state index in [-0.39, 0.29) is 5.75 Å². The lowest BCUT2D eigenvalue weighted by atomic mass is 10.2. The smallest absolute Gasteiger partial charge is 0.242 e. The van der Waals surface area contributed by atoms with Crippen molar-refractivity contribution in [3.8, 4) is 5.75 Å². The van der Waals surface area contributed by atoms with Gasteiger partial charge in [-0.25, -0.2) is 8.42 Å². The maximum Gasteiger partial charge on any atom is 0.242 e. The van der Waals surface area contributed by atoms with Gasteiger partial charge in [0.25, 0.3) is 0 Å². The molecule has 0 aliphatic carbocycles. The minimum absolute atomic E-state index is 0.243. The Bertz CT molecular complexity index is 880. The Morgan fingerprint density at radius 3 is 2.60 bits per heavy atom. The van der Waals surface area contributed by atoms with Crippen molar-refractivity contribution in [3.63, 3.8) is 0 Å². The zero-order valence-corrected chi connectivity index (χ0v) is 15.8. The number of carbonyl (C=O) groups is 1. The van der Waals surface area contributed by atoms with Crippen molar-refractivity contribution >= 4 is 33.0 Å². The lowest BCUT2D eigenvalue weighted by Gasteiger charge is -2.15. The molecule has 0 aliphatic rings. The summed E-state index contributed by atoms with van der Waals surface area (Å²) >= 11 is 6.02. The first kappa shape index (κ1) is 19.3. The molecule has 2 aromatic carbocycles. The highest BCUT2D eigenvalue weighted by molar-refractivity contribution is 7.92. The number of rotatable bonds is 6. The van der Waals surface area contributed by atoms with Gasteiger partial charge in [0.05, 0.1) is 12.9 Å². The lowest BCUT2D eigenvalue weighted by molar-refractivity contribution is -0.115. The molecule has 0 heterocycles. The van der Waals surface area contributed by atoms with Crippen LogP contribution in [0.4, 0.5) is 5.69 Å². The van der Waals surface area contributed by atoms with Crippen molar-refractivity contribution < 1.29 is 17.9 Å². The second-order valence-electron chi connectivity index (χ2n) is 5.70. The SMILES string of the molecule is COc1cccc(CS(=O)(=O)C(C)C(=O)Nc2cccc(Cl)c2C)c1. The summed E-state index contributed by atoms with van der Waals surface area (Å²) in [7, 11) is -2.17. The number of ether oxygens (including phenoxy) is 1. The zero-order chi connectivity index (χ0) is 18.6. The van der Waals surface area contributed by atoms with Gasteiger partial charge in [0, 0.05) is 10.7 Å². The topological polar surface area (TPSA) is 72.5 Å². The first-order valence-electron chi connectivity index (χ1n) is 7.65. The molecule has 134 valence electrons. The molecule has 1 N–H and O–H groups in total. The average Bonchev–Trinajstić information content (AvgIpc) is 2.58. The largest absolute Gasteiger partial charge is 0.497 e. The van der Waals surface area contributed by atoms with Crippen LogP contribution >= 0.6 is 11.6 Å².